The third-order valence-electron chi connectivity index (χ3n) is 15.4. The lowest BCUT2D eigenvalue weighted by molar-refractivity contribution is -0.433. The minimum absolute atomic E-state index is 0.000563. The zero-order valence-electron chi connectivity index (χ0n) is 49.2. The maximum Gasteiger partial charge on any atom is 0.261 e. The molecule has 0 spiro atoms. The quantitative estimate of drug-likeness (QED) is 0.0209. The SMILES string of the molecule is CCCOc1ccc(-c2ccc(-c3nnc(-c4ccc(C(=O)NC5CC(O)CNC(=O)C6C(O)C(C)CN6C(=O)C(C(O)CC(N)=O)NC(=O)C(C(O)Cc6ccc(O)c(OSOOO)c6)NC(=O)C6CC(O)CN6C(=O)C(C(C)O)NC5=O)cc4)s3)cc2)cc1. The Kier molecular flexibility index (Phi) is 23.4. The van der Waals surface area contributed by atoms with Crippen LogP contribution in [-0.4, -0.2) is 207 Å². The van der Waals surface area contributed by atoms with E-state index < -0.39 is 177 Å². The summed E-state index contributed by atoms with van der Waals surface area (Å²) in [4.78, 5) is 115. The molecule has 488 valence electrons. The molecule has 32 heteroatoms. The van der Waals surface area contributed by atoms with Crippen molar-refractivity contribution in [2.45, 2.75) is 126 Å². The zero-order chi connectivity index (χ0) is 65.8. The van der Waals surface area contributed by atoms with Gasteiger partial charge in [-0.05, 0) is 66.4 Å². The van der Waals surface area contributed by atoms with E-state index in [0.717, 1.165) is 57.7 Å². The summed E-state index contributed by atoms with van der Waals surface area (Å²) in [5.74, 6) is -10.3. The van der Waals surface area contributed by atoms with Gasteiger partial charge in [0.2, 0.25) is 41.4 Å². The fourth-order valence-corrected chi connectivity index (χ4v) is 11.8. The number of phenolic OH excluding ortho intramolecular Hbond substituents is 1. The van der Waals surface area contributed by atoms with Gasteiger partial charge in [0.15, 0.2) is 11.5 Å². The summed E-state index contributed by atoms with van der Waals surface area (Å²) < 4.78 is 15.0. The highest BCUT2D eigenvalue weighted by molar-refractivity contribution is 7.90. The van der Waals surface area contributed by atoms with Gasteiger partial charge in [-0.3, -0.25) is 38.4 Å². The second kappa shape index (κ2) is 31.1. The number of benzene rings is 4. The van der Waals surface area contributed by atoms with Crippen molar-refractivity contribution in [3.05, 3.63) is 102 Å². The molecule has 1 aromatic heterocycles. The van der Waals surface area contributed by atoms with Crippen LogP contribution >= 0.6 is 23.7 Å². The van der Waals surface area contributed by atoms with Crippen LogP contribution in [0.5, 0.6) is 17.2 Å². The van der Waals surface area contributed by atoms with Gasteiger partial charge in [0, 0.05) is 61.5 Å². The van der Waals surface area contributed by atoms with Crippen LogP contribution in [0.4, 0.5) is 0 Å². The monoisotopic (exact) mass is 1300 g/mol. The van der Waals surface area contributed by atoms with Gasteiger partial charge < -0.3 is 86.8 Å². The van der Waals surface area contributed by atoms with Crippen LogP contribution in [0.3, 0.4) is 0 Å². The predicted octanol–water partition coefficient (Wildman–Crippen LogP) is -0.779. The first-order valence-electron chi connectivity index (χ1n) is 28.8. The van der Waals surface area contributed by atoms with Crippen molar-refractivity contribution in [1.82, 2.24) is 46.6 Å². The van der Waals surface area contributed by atoms with Gasteiger partial charge in [-0.15, -0.1) is 10.2 Å². The molecule has 5 aromatic rings. The average Bonchev–Trinajstić information content (AvgIpc) is 1.72. The Hall–Kier alpha value is -8.41. The van der Waals surface area contributed by atoms with E-state index >= 15 is 0 Å². The summed E-state index contributed by atoms with van der Waals surface area (Å²) in [6.07, 6.45) is -12.8. The number of amides is 8. The van der Waals surface area contributed by atoms with Crippen molar-refractivity contribution in [2.24, 2.45) is 11.7 Å². The minimum atomic E-state index is -2.22. The van der Waals surface area contributed by atoms with Crippen LogP contribution in [0.25, 0.3) is 32.3 Å². The van der Waals surface area contributed by atoms with Crippen molar-refractivity contribution in [2.75, 3.05) is 26.2 Å². The summed E-state index contributed by atoms with van der Waals surface area (Å²) in [5, 5.41) is 113. The number of aliphatic hydroxyl groups is 6. The standard InChI is InChI=1S/C59H70N10O20S2/c1-4-19-86-38-16-14-32(15-17-38)31-6-10-34(11-7-31)56-66-67-57(90-56)35-12-8-33(9-13-35)51(78)62-39-22-36(71)25-61-55(82)49-50(77)28(2)26-69(49)59(84)48(43(75)24-45(60)76)65-54(81)47(42(74)20-30-5-18-41(73)44(21-30)87-91-89-88-85)64-53(80)40-23-37(72)27-68(40)58(83)46(29(3)70)63-52(39)79/h5-18,21,28-29,36-37,39-40,42-43,46-50,70-75,77,85H,4,19-20,22-27H2,1-3H3,(H2,60,76)(H,61,82)(H,62,78)(H,63,79)(H,64,80)(H,65,81). The summed E-state index contributed by atoms with van der Waals surface area (Å²) in [6, 6.07) is 13.4. The van der Waals surface area contributed by atoms with E-state index in [-0.39, 0.29) is 29.2 Å². The number of hydrogen-bond acceptors (Lipinski definition) is 24. The molecular formula is C59H70N10O20S2. The minimum Gasteiger partial charge on any atom is -0.504 e. The number of carbonyl (C=O) groups excluding carboxylic acids is 8. The van der Waals surface area contributed by atoms with Crippen LogP contribution in [-0.2, 0) is 49.4 Å². The lowest BCUT2D eigenvalue weighted by atomic mass is 9.98. The molecule has 15 N–H and O–H groups in total. The molecule has 8 amide bonds. The molecular weight excluding hydrogens is 1230 g/mol. The third-order valence-corrected chi connectivity index (χ3v) is 16.8. The smallest absolute Gasteiger partial charge is 0.261 e. The number of β-amino-alcohol motifs (C(OH)–C–C–N with tert-alkyl or cyclic N) is 1. The molecule has 30 nitrogen and oxygen atoms in total. The highest BCUT2D eigenvalue weighted by Crippen LogP contribution is 2.34. The molecule has 4 heterocycles. The highest BCUT2D eigenvalue weighted by Gasteiger charge is 2.50. The molecule has 3 fully saturated rings. The first-order chi connectivity index (χ1) is 43.4. The van der Waals surface area contributed by atoms with Crippen molar-refractivity contribution in [3.63, 3.8) is 0 Å². The number of rotatable bonds is 19. The topological polar surface area (TPSA) is 454 Å². The molecule has 8 rings (SSSR count). The average molecular weight is 1300 g/mol. The summed E-state index contributed by atoms with van der Waals surface area (Å²) in [5.41, 5.74) is 8.86. The molecule has 3 aliphatic heterocycles. The number of nitrogens with one attached hydrogen (secondary N) is 5. The molecule has 13 atom stereocenters. The van der Waals surface area contributed by atoms with E-state index in [2.05, 4.69) is 46.2 Å². The number of aromatic hydroxyl groups is 1. The first-order valence-corrected chi connectivity index (χ1v) is 30.3. The number of ether oxygens (including phenoxy) is 1. The Balaban J connectivity index is 1.07. The maximum absolute atomic E-state index is 14.7. The number of phenols is 1. The molecule has 0 bridgehead atoms. The predicted molar refractivity (Wildman–Crippen MR) is 322 cm³/mol. The second-order valence-electron chi connectivity index (χ2n) is 22.2. The van der Waals surface area contributed by atoms with Crippen LogP contribution in [0.2, 0.25) is 0 Å². The largest absolute Gasteiger partial charge is 0.504 e. The Morgan fingerprint density at radius 1 is 0.747 bits per heavy atom. The van der Waals surface area contributed by atoms with Crippen molar-refractivity contribution in [1.29, 1.82) is 0 Å². The lowest BCUT2D eigenvalue weighted by Gasteiger charge is -2.33. The normalized spacial score (nSPS) is 24.7. The van der Waals surface area contributed by atoms with E-state index in [1.165, 1.54) is 36.5 Å². The Morgan fingerprint density at radius 2 is 1.35 bits per heavy atom. The summed E-state index contributed by atoms with van der Waals surface area (Å²) in [6.45, 7) is 3.51. The van der Waals surface area contributed by atoms with Gasteiger partial charge in [0.25, 0.3) is 18.2 Å². The molecule has 0 aliphatic carbocycles. The molecule has 3 aliphatic rings. The van der Waals surface area contributed by atoms with Crippen LogP contribution in [0, 0.1) is 5.92 Å². The van der Waals surface area contributed by atoms with E-state index in [1.807, 2.05) is 55.5 Å². The fourth-order valence-electron chi connectivity index (χ4n) is 10.6. The Bertz CT molecular complexity index is 3400. The first kappa shape index (κ1) is 68.5. The van der Waals surface area contributed by atoms with E-state index in [0.29, 0.717) is 22.2 Å². The molecule has 3 saturated heterocycles. The summed E-state index contributed by atoms with van der Waals surface area (Å²) in [7, 11) is 0. The third kappa shape index (κ3) is 17.2. The number of primary amides is 1. The van der Waals surface area contributed by atoms with Gasteiger partial charge in [0.05, 0.1) is 49.7 Å². The van der Waals surface area contributed by atoms with E-state index in [1.54, 1.807) is 12.1 Å². The van der Waals surface area contributed by atoms with Gasteiger partial charge in [-0.25, -0.2) is 5.26 Å². The zero-order valence-corrected chi connectivity index (χ0v) is 50.8. The van der Waals surface area contributed by atoms with Crippen molar-refractivity contribution < 1.29 is 97.7 Å². The Morgan fingerprint density at radius 3 is 1.98 bits per heavy atom. The van der Waals surface area contributed by atoms with Gasteiger partial charge >= 0.3 is 0 Å². The van der Waals surface area contributed by atoms with Crippen LogP contribution in [0.1, 0.15) is 62.4 Å². The number of aliphatic hydroxyl groups excluding tert-OH is 6. The second-order valence-corrected chi connectivity index (χ2v) is 23.6. The lowest BCUT2D eigenvalue weighted by Crippen LogP contribution is -2.64. The number of fused-ring (bicyclic) bond motifs is 2. The molecule has 91 heavy (non-hydrogen) atoms. The molecule has 13 unspecified atom stereocenters. The van der Waals surface area contributed by atoms with Gasteiger partial charge in [0.1, 0.15) is 52.0 Å². The highest BCUT2D eigenvalue weighted by atomic mass is 32.2. The van der Waals surface area contributed by atoms with Crippen molar-refractivity contribution in [3.8, 4) is 49.5 Å². The number of hydrogen-bond donors (Lipinski definition) is 14. The molecule has 4 aromatic carbocycles. The fraction of sp³-hybridized carbons (Fsp3) is 0.424. The van der Waals surface area contributed by atoms with E-state index in [9.17, 15) is 74.1 Å². The number of carbonyl (C=O) groups is 8. The van der Waals surface area contributed by atoms with Crippen molar-refractivity contribution >= 4 is 70.9 Å². The Labute approximate surface area is 528 Å². The maximum atomic E-state index is 14.7. The van der Waals surface area contributed by atoms with Gasteiger partial charge in [-0.1, -0.05) is 89.2 Å². The summed E-state index contributed by atoms with van der Waals surface area (Å²) >= 11 is 1.35. The van der Waals surface area contributed by atoms with Gasteiger partial charge in [-0.2, -0.15) is 0 Å². The molecule has 0 saturated carbocycles. The number of aromatic nitrogens is 2. The number of nitrogens with zero attached hydrogens (tertiary/aromatic N) is 4. The number of nitrogens with two attached hydrogens (primary N) is 1. The van der Waals surface area contributed by atoms with Crippen LogP contribution in [0.15, 0.2) is 91.0 Å². The van der Waals surface area contributed by atoms with Crippen LogP contribution < -0.4 is 41.2 Å². The van der Waals surface area contributed by atoms with E-state index in [4.69, 9.17) is 19.9 Å². The molecule has 0 radical (unpaired) electrons.